The predicted octanol–water partition coefficient (Wildman–Crippen LogP) is 2.11. The number of rotatable bonds is 6. The zero-order valence-electron chi connectivity index (χ0n) is 12.0. The number of hydrogen-bond acceptors (Lipinski definition) is 5. The van der Waals surface area contributed by atoms with Gasteiger partial charge in [0.15, 0.2) is 11.5 Å². The maximum absolute atomic E-state index is 5.75. The minimum absolute atomic E-state index is 0.230. The second kappa shape index (κ2) is 5.97. The molecule has 0 bridgehead atoms. The van der Waals surface area contributed by atoms with Crippen molar-refractivity contribution in [1.29, 1.82) is 0 Å². The van der Waals surface area contributed by atoms with Gasteiger partial charge in [-0.3, -0.25) is 4.68 Å². The minimum Gasteiger partial charge on any atom is -0.372 e. The molecule has 1 atom stereocenters. The van der Waals surface area contributed by atoms with E-state index in [9.17, 15) is 0 Å². The Labute approximate surface area is 113 Å². The summed E-state index contributed by atoms with van der Waals surface area (Å²) >= 11 is 0. The Balaban J connectivity index is 2.21. The fraction of sp³-hybridized carbons (Fsp3) is 0.615. The highest BCUT2D eigenvalue weighted by atomic mass is 16.5. The van der Waals surface area contributed by atoms with Crippen molar-refractivity contribution in [3.8, 4) is 0 Å². The van der Waals surface area contributed by atoms with Crippen LogP contribution < -0.4 is 5.32 Å². The molecule has 0 aliphatic rings. The van der Waals surface area contributed by atoms with Crippen LogP contribution in [0.1, 0.15) is 32.5 Å². The zero-order chi connectivity index (χ0) is 13.8. The summed E-state index contributed by atoms with van der Waals surface area (Å²) in [4.78, 5) is 8.96. The number of hydrogen-bond donors (Lipinski definition) is 1. The van der Waals surface area contributed by atoms with E-state index >= 15 is 0 Å². The van der Waals surface area contributed by atoms with Gasteiger partial charge in [-0.1, -0.05) is 13.3 Å². The van der Waals surface area contributed by atoms with Crippen LogP contribution in [-0.2, 0) is 18.4 Å². The van der Waals surface area contributed by atoms with Gasteiger partial charge in [-0.2, -0.15) is 5.10 Å². The molecule has 1 N–H and O–H groups in total. The molecular weight excluding hydrogens is 242 g/mol. The first-order chi connectivity index (χ1) is 9.15. The molecule has 1 unspecified atom stereocenters. The molecule has 2 rings (SSSR count). The first-order valence-corrected chi connectivity index (χ1v) is 6.63. The van der Waals surface area contributed by atoms with Crippen LogP contribution in [0.15, 0.2) is 6.20 Å². The lowest BCUT2D eigenvalue weighted by molar-refractivity contribution is 0.0433. The summed E-state index contributed by atoms with van der Waals surface area (Å²) in [6.45, 7) is 4.65. The standard InChI is InChI=1S/C13H21N5O/c1-5-6-9(2)19-8-11-16-12(14-3)10-7-15-18(4)13(10)17-11/h7,9H,5-6,8H2,1-4H3,(H,14,16,17). The molecule has 104 valence electrons. The first-order valence-electron chi connectivity index (χ1n) is 6.63. The molecule has 2 heterocycles. The summed E-state index contributed by atoms with van der Waals surface area (Å²) < 4.78 is 7.50. The van der Waals surface area contributed by atoms with Crippen molar-refractivity contribution in [3.05, 3.63) is 12.0 Å². The largest absolute Gasteiger partial charge is 0.372 e. The van der Waals surface area contributed by atoms with E-state index in [1.807, 2.05) is 14.1 Å². The number of nitrogens with zero attached hydrogens (tertiary/aromatic N) is 4. The molecule has 0 radical (unpaired) electrons. The van der Waals surface area contributed by atoms with Gasteiger partial charge in [0, 0.05) is 14.1 Å². The van der Waals surface area contributed by atoms with Gasteiger partial charge in [-0.15, -0.1) is 0 Å². The lowest BCUT2D eigenvalue weighted by atomic mass is 10.2. The van der Waals surface area contributed by atoms with Crippen molar-refractivity contribution in [2.75, 3.05) is 12.4 Å². The molecule has 2 aromatic heterocycles. The third-order valence-corrected chi connectivity index (χ3v) is 3.07. The highest BCUT2D eigenvalue weighted by molar-refractivity contribution is 5.86. The van der Waals surface area contributed by atoms with Crippen LogP contribution in [-0.4, -0.2) is 32.9 Å². The monoisotopic (exact) mass is 263 g/mol. The predicted molar refractivity (Wildman–Crippen MR) is 75.0 cm³/mol. The number of aryl methyl sites for hydroxylation is 1. The van der Waals surface area contributed by atoms with Crippen molar-refractivity contribution in [3.63, 3.8) is 0 Å². The average molecular weight is 263 g/mol. The van der Waals surface area contributed by atoms with Gasteiger partial charge in [-0.25, -0.2) is 9.97 Å². The summed E-state index contributed by atoms with van der Waals surface area (Å²) in [5, 5.41) is 8.21. The molecule has 19 heavy (non-hydrogen) atoms. The van der Waals surface area contributed by atoms with E-state index < -0.39 is 0 Å². The first kappa shape index (κ1) is 13.7. The van der Waals surface area contributed by atoms with E-state index in [1.54, 1.807) is 10.9 Å². The minimum atomic E-state index is 0.230. The van der Waals surface area contributed by atoms with Crippen molar-refractivity contribution >= 4 is 16.9 Å². The third-order valence-electron chi connectivity index (χ3n) is 3.07. The second-order valence-corrected chi connectivity index (χ2v) is 4.65. The van der Waals surface area contributed by atoms with Gasteiger partial charge in [0.05, 0.1) is 17.7 Å². The van der Waals surface area contributed by atoms with E-state index in [4.69, 9.17) is 4.74 Å². The van der Waals surface area contributed by atoms with Crippen molar-refractivity contribution in [1.82, 2.24) is 19.7 Å². The fourth-order valence-corrected chi connectivity index (χ4v) is 2.03. The molecule has 2 aromatic rings. The van der Waals surface area contributed by atoms with Crippen LogP contribution in [0.25, 0.3) is 11.0 Å². The quantitative estimate of drug-likeness (QED) is 0.864. The van der Waals surface area contributed by atoms with Gasteiger partial charge in [0.2, 0.25) is 0 Å². The van der Waals surface area contributed by atoms with E-state index in [2.05, 4.69) is 34.2 Å². The Kier molecular flexibility index (Phi) is 4.31. The van der Waals surface area contributed by atoms with Gasteiger partial charge in [0.25, 0.3) is 0 Å². The van der Waals surface area contributed by atoms with E-state index in [-0.39, 0.29) is 6.10 Å². The number of nitrogens with one attached hydrogen (secondary N) is 1. The SMILES string of the molecule is CCCC(C)OCc1nc(NC)c2cnn(C)c2n1. The number of fused-ring (bicyclic) bond motifs is 1. The molecule has 0 aliphatic heterocycles. The Hall–Kier alpha value is -1.69. The normalized spacial score (nSPS) is 12.8. The van der Waals surface area contributed by atoms with E-state index in [0.717, 1.165) is 29.7 Å². The molecule has 6 nitrogen and oxygen atoms in total. The van der Waals surface area contributed by atoms with Gasteiger partial charge < -0.3 is 10.1 Å². The molecule has 0 amide bonds. The van der Waals surface area contributed by atoms with Crippen molar-refractivity contribution < 1.29 is 4.74 Å². The van der Waals surface area contributed by atoms with Crippen LogP contribution in [0.4, 0.5) is 5.82 Å². The summed E-state index contributed by atoms with van der Waals surface area (Å²) in [6.07, 6.45) is 4.16. The van der Waals surface area contributed by atoms with Crippen molar-refractivity contribution in [2.45, 2.75) is 39.4 Å². The average Bonchev–Trinajstić information content (AvgIpc) is 2.78. The molecule has 0 saturated heterocycles. The Morgan fingerprint density at radius 2 is 2.21 bits per heavy atom. The topological polar surface area (TPSA) is 64.9 Å². The number of aromatic nitrogens is 4. The summed E-state index contributed by atoms with van der Waals surface area (Å²) in [5.41, 5.74) is 0.820. The van der Waals surface area contributed by atoms with Crippen LogP contribution in [0.5, 0.6) is 0 Å². The highest BCUT2D eigenvalue weighted by Crippen LogP contribution is 2.19. The fourth-order valence-electron chi connectivity index (χ4n) is 2.03. The maximum Gasteiger partial charge on any atom is 0.163 e. The van der Waals surface area contributed by atoms with Crippen molar-refractivity contribution in [2.24, 2.45) is 7.05 Å². The summed E-state index contributed by atoms with van der Waals surface area (Å²) in [6, 6.07) is 0. The summed E-state index contributed by atoms with van der Waals surface area (Å²) in [7, 11) is 3.72. The third kappa shape index (κ3) is 3.01. The number of ether oxygens (including phenoxy) is 1. The molecule has 0 aliphatic carbocycles. The maximum atomic E-state index is 5.75. The molecule has 0 spiro atoms. The van der Waals surface area contributed by atoms with Crippen LogP contribution in [0, 0.1) is 0 Å². The zero-order valence-corrected chi connectivity index (χ0v) is 12.0. The molecular formula is C13H21N5O. The van der Waals surface area contributed by atoms with Crippen LogP contribution >= 0.6 is 0 Å². The Morgan fingerprint density at radius 3 is 2.89 bits per heavy atom. The second-order valence-electron chi connectivity index (χ2n) is 4.65. The Bertz CT molecular complexity index is 551. The highest BCUT2D eigenvalue weighted by Gasteiger charge is 2.11. The smallest absolute Gasteiger partial charge is 0.163 e. The number of anilines is 1. The molecule has 6 heteroatoms. The van der Waals surface area contributed by atoms with E-state index in [0.29, 0.717) is 12.4 Å². The lowest BCUT2D eigenvalue weighted by Gasteiger charge is -2.12. The van der Waals surface area contributed by atoms with Gasteiger partial charge in [-0.05, 0) is 13.3 Å². The molecule has 0 aromatic carbocycles. The van der Waals surface area contributed by atoms with Gasteiger partial charge in [0.1, 0.15) is 12.4 Å². The van der Waals surface area contributed by atoms with E-state index in [1.165, 1.54) is 0 Å². The molecule has 0 saturated carbocycles. The van der Waals surface area contributed by atoms with Gasteiger partial charge >= 0.3 is 0 Å². The molecule has 0 fully saturated rings. The lowest BCUT2D eigenvalue weighted by Crippen LogP contribution is -2.10. The Morgan fingerprint density at radius 1 is 1.42 bits per heavy atom. The van der Waals surface area contributed by atoms with Crippen LogP contribution in [0.2, 0.25) is 0 Å². The van der Waals surface area contributed by atoms with Crippen LogP contribution in [0.3, 0.4) is 0 Å². The summed E-state index contributed by atoms with van der Waals surface area (Å²) in [5.74, 6) is 1.48.